The van der Waals surface area contributed by atoms with E-state index in [4.69, 9.17) is 5.11 Å². The number of halogens is 1. The molecule has 12 heavy (non-hydrogen) atoms. The van der Waals surface area contributed by atoms with E-state index in [0.29, 0.717) is 5.75 Å². The third-order valence-corrected chi connectivity index (χ3v) is 1.76. The van der Waals surface area contributed by atoms with Crippen LogP contribution in [0.5, 0.6) is 5.75 Å². The summed E-state index contributed by atoms with van der Waals surface area (Å²) in [5.74, 6) is 0.352. The highest BCUT2D eigenvalue weighted by Gasteiger charge is 1.91. The van der Waals surface area contributed by atoms with E-state index >= 15 is 0 Å². The third kappa shape index (κ3) is 3.63. The Kier molecular flexibility index (Phi) is 5.56. The van der Waals surface area contributed by atoms with E-state index in [1.807, 2.05) is 12.1 Å². The van der Waals surface area contributed by atoms with Crippen LogP contribution in [0.4, 0.5) is 0 Å². The zero-order valence-corrected chi connectivity index (χ0v) is 8.10. The first kappa shape index (κ1) is 11.3. The van der Waals surface area contributed by atoms with Crippen molar-refractivity contribution in [1.29, 1.82) is 0 Å². The van der Waals surface area contributed by atoms with Gasteiger partial charge in [-0.2, -0.15) is 0 Å². The summed E-state index contributed by atoms with van der Waals surface area (Å²) in [5, 5.41) is 8.98. The van der Waals surface area contributed by atoms with E-state index in [-0.39, 0.29) is 12.4 Å². The Morgan fingerprint density at radius 3 is 2.25 bits per heavy atom. The number of phenols is 1. The number of hydrogen-bond acceptors (Lipinski definition) is 1. The highest BCUT2D eigenvalue weighted by atomic mass is 35.5. The van der Waals surface area contributed by atoms with Gasteiger partial charge in [-0.25, -0.2) is 0 Å². The molecule has 0 bridgehead atoms. The molecule has 0 saturated heterocycles. The fourth-order valence-corrected chi connectivity index (χ4v) is 1.04. The van der Waals surface area contributed by atoms with Gasteiger partial charge in [-0.1, -0.05) is 25.5 Å². The lowest BCUT2D eigenvalue weighted by molar-refractivity contribution is 0.475. The Bertz CT molecular complexity index is 206. The zero-order valence-electron chi connectivity index (χ0n) is 7.29. The molecular formula is C10H15ClO. The molecule has 0 fully saturated rings. The van der Waals surface area contributed by atoms with Crippen molar-refractivity contribution < 1.29 is 5.11 Å². The first-order chi connectivity index (χ1) is 5.33. The normalized spacial score (nSPS) is 9.08. The molecule has 0 amide bonds. The molecule has 1 nitrogen and oxygen atoms in total. The second kappa shape index (κ2) is 5.90. The molecule has 1 N–H and O–H groups in total. The van der Waals surface area contributed by atoms with Crippen molar-refractivity contribution in [3.8, 4) is 5.75 Å². The molecule has 0 aliphatic carbocycles. The van der Waals surface area contributed by atoms with Crippen molar-refractivity contribution in [3.63, 3.8) is 0 Å². The van der Waals surface area contributed by atoms with Crippen LogP contribution in [0.25, 0.3) is 0 Å². The summed E-state index contributed by atoms with van der Waals surface area (Å²) < 4.78 is 0. The van der Waals surface area contributed by atoms with Crippen molar-refractivity contribution in [1.82, 2.24) is 0 Å². The van der Waals surface area contributed by atoms with Gasteiger partial charge in [-0.15, -0.1) is 12.4 Å². The predicted octanol–water partition coefficient (Wildman–Crippen LogP) is 3.16. The second-order valence-corrected chi connectivity index (χ2v) is 2.77. The van der Waals surface area contributed by atoms with Crippen molar-refractivity contribution in [2.45, 2.75) is 26.2 Å². The first-order valence-electron chi connectivity index (χ1n) is 4.11. The number of aryl methyl sites for hydroxylation is 1. The van der Waals surface area contributed by atoms with Gasteiger partial charge in [0, 0.05) is 0 Å². The average molecular weight is 187 g/mol. The summed E-state index contributed by atoms with van der Waals surface area (Å²) in [6.07, 6.45) is 3.57. The van der Waals surface area contributed by atoms with Crippen molar-refractivity contribution in [2.75, 3.05) is 0 Å². The second-order valence-electron chi connectivity index (χ2n) is 2.77. The maximum absolute atomic E-state index is 8.98. The number of aromatic hydroxyl groups is 1. The van der Waals surface area contributed by atoms with Crippen LogP contribution < -0.4 is 0 Å². The molecule has 2 heteroatoms. The molecule has 0 unspecified atom stereocenters. The lowest BCUT2D eigenvalue weighted by atomic mass is 10.1. The molecule has 68 valence electrons. The maximum atomic E-state index is 8.98. The highest BCUT2D eigenvalue weighted by Crippen LogP contribution is 2.11. The first-order valence-corrected chi connectivity index (χ1v) is 4.11. The lowest BCUT2D eigenvalue weighted by Gasteiger charge is -1.98. The van der Waals surface area contributed by atoms with E-state index in [2.05, 4.69) is 6.92 Å². The summed E-state index contributed by atoms with van der Waals surface area (Å²) in [5.41, 5.74) is 1.31. The summed E-state index contributed by atoms with van der Waals surface area (Å²) in [7, 11) is 0. The number of phenolic OH excluding ortho intramolecular Hbond substituents is 1. The average Bonchev–Trinajstić information content (AvgIpc) is 2.04. The SMILES string of the molecule is CCCCc1ccc(O)cc1.Cl. The van der Waals surface area contributed by atoms with E-state index < -0.39 is 0 Å². The fourth-order valence-electron chi connectivity index (χ4n) is 1.04. The van der Waals surface area contributed by atoms with Gasteiger partial charge in [-0.05, 0) is 30.5 Å². The van der Waals surface area contributed by atoms with Crippen LogP contribution in [0.15, 0.2) is 24.3 Å². The topological polar surface area (TPSA) is 20.2 Å². The third-order valence-electron chi connectivity index (χ3n) is 1.76. The van der Waals surface area contributed by atoms with Gasteiger partial charge >= 0.3 is 0 Å². The predicted molar refractivity (Wildman–Crippen MR) is 54.0 cm³/mol. The van der Waals surface area contributed by atoms with Gasteiger partial charge in [0.05, 0.1) is 0 Å². The maximum Gasteiger partial charge on any atom is 0.115 e. The van der Waals surface area contributed by atoms with Crippen LogP contribution >= 0.6 is 12.4 Å². The summed E-state index contributed by atoms with van der Waals surface area (Å²) in [4.78, 5) is 0. The number of benzene rings is 1. The Hall–Kier alpha value is -0.690. The molecule has 0 heterocycles. The van der Waals surface area contributed by atoms with E-state index in [9.17, 15) is 0 Å². The molecule has 0 aromatic heterocycles. The molecular weight excluding hydrogens is 172 g/mol. The number of hydrogen-bond donors (Lipinski definition) is 1. The smallest absolute Gasteiger partial charge is 0.115 e. The van der Waals surface area contributed by atoms with Crippen LogP contribution in [-0.2, 0) is 6.42 Å². The van der Waals surface area contributed by atoms with Gasteiger partial charge in [0.2, 0.25) is 0 Å². The Morgan fingerprint density at radius 2 is 1.75 bits per heavy atom. The van der Waals surface area contributed by atoms with Crippen LogP contribution in [0.3, 0.4) is 0 Å². The molecule has 0 aliphatic heterocycles. The van der Waals surface area contributed by atoms with E-state index in [1.54, 1.807) is 12.1 Å². The minimum absolute atomic E-state index is 0. The number of rotatable bonds is 3. The Labute approximate surface area is 79.8 Å². The molecule has 0 radical (unpaired) electrons. The standard InChI is InChI=1S/C10H14O.ClH/c1-2-3-4-9-5-7-10(11)8-6-9;/h5-8,11H,2-4H2,1H3;1H. The largest absolute Gasteiger partial charge is 0.508 e. The summed E-state index contributed by atoms with van der Waals surface area (Å²) in [6, 6.07) is 7.44. The van der Waals surface area contributed by atoms with Crippen LogP contribution in [-0.4, -0.2) is 5.11 Å². The fraction of sp³-hybridized carbons (Fsp3) is 0.400. The van der Waals surface area contributed by atoms with E-state index in [1.165, 1.54) is 18.4 Å². The van der Waals surface area contributed by atoms with E-state index in [0.717, 1.165) is 6.42 Å². The van der Waals surface area contributed by atoms with Crippen LogP contribution in [0.2, 0.25) is 0 Å². The molecule has 0 spiro atoms. The summed E-state index contributed by atoms with van der Waals surface area (Å²) in [6.45, 7) is 2.18. The van der Waals surface area contributed by atoms with Crippen molar-refractivity contribution >= 4 is 12.4 Å². The van der Waals surface area contributed by atoms with Gasteiger partial charge in [0.1, 0.15) is 5.75 Å². The Balaban J connectivity index is 0.00000121. The molecule has 0 saturated carbocycles. The van der Waals surface area contributed by atoms with Gasteiger partial charge in [-0.3, -0.25) is 0 Å². The van der Waals surface area contributed by atoms with Gasteiger partial charge < -0.3 is 5.11 Å². The number of unbranched alkanes of at least 4 members (excludes halogenated alkanes) is 1. The molecule has 0 aliphatic rings. The molecule has 1 aromatic carbocycles. The van der Waals surface area contributed by atoms with Gasteiger partial charge in [0.25, 0.3) is 0 Å². The summed E-state index contributed by atoms with van der Waals surface area (Å²) >= 11 is 0. The molecule has 1 aromatic rings. The quantitative estimate of drug-likeness (QED) is 0.769. The lowest BCUT2D eigenvalue weighted by Crippen LogP contribution is -1.82. The molecule has 1 rings (SSSR count). The van der Waals surface area contributed by atoms with Crippen molar-refractivity contribution in [2.24, 2.45) is 0 Å². The Morgan fingerprint density at radius 1 is 1.17 bits per heavy atom. The van der Waals surface area contributed by atoms with Gasteiger partial charge in [0.15, 0.2) is 0 Å². The van der Waals surface area contributed by atoms with Crippen LogP contribution in [0.1, 0.15) is 25.3 Å². The minimum Gasteiger partial charge on any atom is -0.508 e. The molecule has 0 atom stereocenters. The monoisotopic (exact) mass is 186 g/mol. The van der Waals surface area contributed by atoms with Crippen molar-refractivity contribution in [3.05, 3.63) is 29.8 Å². The highest BCUT2D eigenvalue weighted by molar-refractivity contribution is 5.85. The van der Waals surface area contributed by atoms with Crippen LogP contribution in [0, 0.1) is 0 Å². The minimum atomic E-state index is 0. The zero-order chi connectivity index (χ0) is 8.10.